The van der Waals surface area contributed by atoms with Gasteiger partial charge in [0.1, 0.15) is 12.4 Å². The van der Waals surface area contributed by atoms with Crippen molar-refractivity contribution in [1.82, 2.24) is 15.1 Å². The summed E-state index contributed by atoms with van der Waals surface area (Å²) < 4.78 is 32.1. The summed E-state index contributed by atoms with van der Waals surface area (Å²) in [6.07, 6.45) is -0.466. The van der Waals surface area contributed by atoms with Gasteiger partial charge in [-0.3, -0.25) is 15.0 Å². The molecule has 2 aliphatic heterocycles. The number of carbonyl (C=O) groups excluding carboxylic acids is 1. The molecule has 1 aromatic carbocycles. The van der Waals surface area contributed by atoms with Gasteiger partial charge in [-0.05, 0) is 31.3 Å². The number of likely N-dealkylation sites (N-methyl/N-ethyl adjacent to an activating group) is 1. The van der Waals surface area contributed by atoms with Gasteiger partial charge in [0.2, 0.25) is 5.91 Å². The van der Waals surface area contributed by atoms with Crippen molar-refractivity contribution in [3.05, 3.63) is 24.3 Å². The van der Waals surface area contributed by atoms with Gasteiger partial charge in [0.25, 0.3) is 5.92 Å². The zero-order valence-corrected chi connectivity index (χ0v) is 18.7. The standard InChI is InChI=1S/C18H26F2N4O2.3ClH/c1-23-6-8-24(9-7-23)10-11-26-15-4-2-14(3-5-15)22-17(25)16-12-18(19,20)13-21-16;;;/h2-5,16,21H,6-13H2,1H3,(H,22,25);3*1H. The van der Waals surface area contributed by atoms with Crippen molar-refractivity contribution in [2.45, 2.75) is 18.4 Å². The van der Waals surface area contributed by atoms with Gasteiger partial charge in [-0.2, -0.15) is 0 Å². The Labute approximate surface area is 188 Å². The van der Waals surface area contributed by atoms with Crippen molar-refractivity contribution in [3.63, 3.8) is 0 Å². The predicted molar refractivity (Wildman–Crippen MR) is 118 cm³/mol. The number of piperazine rings is 1. The summed E-state index contributed by atoms with van der Waals surface area (Å²) in [4.78, 5) is 16.7. The Morgan fingerprint density at radius 2 is 1.79 bits per heavy atom. The van der Waals surface area contributed by atoms with Crippen LogP contribution in [0.1, 0.15) is 6.42 Å². The lowest BCUT2D eigenvalue weighted by molar-refractivity contribution is -0.118. The normalized spacial score (nSPS) is 21.3. The zero-order chi connectivity index (χ0) is 18.6. The number of hydrogen-bond acceptors (Lipinski definition) is 5. The van der Waals surface area contributed by atoms with Gasteiger partial charge in [0, 0.05) is 44.8 Å². The molecule has 1 aromatic rings. The fourth-order valence-electron chi connectivity index (χ4n) is 3.13. The quantitative estimate of drug-likeness (QED) is 0.659. The molecule has 2 heterocycles. The fraction of sp³-hybridized carbons (Fsp3) is 0.611. The van der Waals surface area contributed by atoms with Gasteiger partial charge in [-0.15, -0.1) is 37.2 Å². The Morgan fingerprint density at radius 1 is 1.17 bits per heavy atom. The molecule has 6 nitrogen and oxygen atoms in total. The third-order valence-corrected chi connectivity index (χ3v) is 4.82. The highest BCUT2D eigenvalue weighted by Crippen LogP contribution is 2.26. The number of rotatable bonds is 6. The van der Waals surface area contributed by atoms with Crippen LogP contribution in [0.25, 0.3) is 0 Å². The second-order valence-corrected chi connectivity index (χ2v) is 7.00. The Morgan fingerprint density at radius 3 is 2.34 bits per heavy atom. The van der Waals surface area contributed by atoms with Crippen LogP contribution in [0.4, 0.5) is 14.5 Å². The first-order valence-corrected chi connectivity index (χ1v) is 8.97. The molecule has 0 saturated carbocycles. The van der Waals surface area contributed by atoms with E-state index >= 15 is 0 Å². The molecular weight excluding hydrogens is 449 g/mol. The van der Waals surface area contributed by atoms with Crippen molar-refractivity contribution in [3.8, 4) is 5.75 Å². The van der Waals surface area contributed by atoms with E-state index in [-0.39, 0.29) is 37.2 Å². The van der Waals surface area contributed by atoms with E-state index < -0.39 is 30.8 Å². The summed E-state index contributed by atoms with van der Waals surface area (Å²) in [7, 11) is 2.13. The van der Waals surface area contributed by atoms with Crippen molar-refractivity contribution < 1.29 is 18.3 Å². The maximum absolute atomic E-state index is 13.2. The summed E-state index contributed by atoms with van der Waals surface area (Å²) in [5, 5.41) is 5.20. The van der Waals surface area contributed by atoms with Crippen LogP contribution in [0.15, 0.2) is 24.3 Å². The number of nitrogens with zero attached hydrogens (tertiary/aromatic N) is 2. The summed E-state index contributed by atoms with van der Waals surface area (Å²) in [5.74, 6) is -2.53. The SMILES string of the molecule is CN1CCN(CCOc2ccc(NC(=O)C3CC(F)(F)CN3)cc2)CC1.Cl.Cl.Cl. The van der Waals surface area contributed by atoms with Crippen LogP contribution < -0.4 is 15.4 Å². The molecule has 29 heavy (non-hydrogen) atoms. The molecular formula is C18H29Cl3F2N4O2. The van der Waals surface area contributed by atoms with Gasteiger partial charge in [-0.25, -0.2) is 8.78 Å². The van der Waals surface area contributed by atoms with Crippen molar-refractivity contribution >= 4 is 48.8 Å². The van der Waals surface area contributed by atoms with Gasteiger partial charge in [0.05, 0.1) is 12.6 Å². The third kappa shape index (κ3) is 8.78. The maximum atomic E-state index is 13.2. The van der Waals surface area contributed by atoms with E-state index in [1.165, 1.54) is 0 Å². The van der Waals surface area contributed by atoms with E-state index in [1.54, 1.807) is 24.3 Å². The molecule has 168 valence electrons. The van der Waals surface area contributed by atoms with Crippen LogP contribution in [0.3, 0.4) is 0 Å². The molecule has 0 radical (unpaired) electrons. The molecule has 11 heteroatoms. The van der Waals surface area contributed by atoms with Gasteiger partial charge >= 0.3 is 0 Å². The molecule has 0 spiro atoms. The van der Waals surface area contributed by atoms with E-state index in [1.807, 2.05) is 0 Å². The summed E-state index contributed by atoms with van der Waals surface area (Å²) >= 11 is 0. The van der Waals surface area contributed by atoms with Crippen molar-refractivity contribution in [1.29, 1.82) is 0 Å². The molecule has 3 rings (SSSR count). The number of halogens is 5. The molecule has 2 fully saturated rings. The first-order valence-electron chi connectivity index (χ1n) is 8.97. The highest BCUT2D eigenvalue weighted by atomic mass is 35.5. The van der Waals surface area contributed by atoms with E-state index in [2.05, 4.69) is 27.5 Å². The van der Waals surface area contributed by atoms with Crippen LogP contribution in [0.2, 0.25) is 0 Å². The third-order valence-electron chi connectivity index (χ3n) is 4.82. The first kappa shape index (κ1) is 28.1. The Hall–Kier alpha value is -0.900. The Bertz CT molecular complexity index is 618. The molecule has 2 aliphatic rings. The molecule has 2 saturated heterocycles. The minimum atomic E-state index is -2.82. The maximum Gasteiger partial charge on any atom is 0.262 e. The number of nitrogens with one attached hydrogen (secondary N) is 2. The number of ether oxygens (including phenoxy) is 1. The first-order chi connectivity index (χ1) is 12.4. The zero-order valence-electron chi connectivity index (χ0n) is 16.2. The smallest absolute Gasteiger partial charge is 0.262 e. The average Bonchev–Trinajstić information content (AvgIpc) is 2.98. The summed E-state index contributed by atoms with van der Waals surface area (Å²) in [6.45, 7) is 5.31. The molecule has 1 unspecified atom stereocenters. The van der Waals surface area contributed by atoms with Crippen LogP contribution in [0, 0.1) is 0 Å². The molecule has 1 amide bonds. The number of amides is 1. The van der Waals surface area contributed by atoms with Gasteiger partial charge in [0.15, 0.2) is 0 Å². The van der Waals surface area contributed by atoms with Gasteiger partial charge in [-0.1, -0.05) is 0 Å². The van der Waals surface area contributed by atoms with Crippen molar-refractivity contribution in [2.24, 2.45) is 0 Å². The topological polar surface area (TPSA) is 56.8 Å². The van der Waals surface area contributed by atoms with E-state index in [9.17, 15) is 13.6 Å². The van der Waals surface area contributed by atoms with E-state index in [4.69, 9.17) is 4.74 Å². The average molecular weight is 478 g/mol. The minimum Gasteiger partial charge on any atom is -0.492 e. The monoisotopic (exact) mass is 476 g/mol. The molecule has 2 N–H and O–H groups in total. The number of anilines is 1. The lowest BCUT2D eigenvalue weighted by Crippen LogP contribution is -2.45. The van der Waals surface area contributed by atoms with E-state index in [0.29, 0.717) is 12.3 Å². The van der Waals surface area contributed by atoms with Crippen LogP contribution in [-0.2, 0) is 4.79 Å². The molecule has 0 bridgehead atoms. The number of benzene rings is 1. The fourth-order valence-corrected chi connectivity index (χ4v) is 3.13. The molecule has 0 aliphatic carbocycles. The molecule has 0 aromatic heterocycles. The minimum absolute atomic E-state index is 0. The number of alkyl halides is 2. The van der Waals surface area contributed by atoms with Gasteiger partial charge < -0.3 is 15.0 Å². The summed E-state index contributed by atoms with van der Waals surface area (Å²) in [5.41, 5.74) is 0.568. The number of carbonyl (C=O) groups is 1. The van der Waals surface area contributed by atoms with Crippen LogP contribution >= 0.6 is 37.2 Å². The predicted octanol–water partition coefficient (Wildman–Crippen LogP) is 2.51. The molecule has 1 atom stereocenters. The summed E-state index contributed by atoms with van der Waals surface area (Å²) in [6, 6.07) is 6.13. The van der Waals surface area contributed by atoms with Crippen LogP contribution in [0.5, 0.6) is 5.75 Å². The van der Waals surface area contributed by atoms with E-state index in [0.717, 1.165) is 38.5 Å². The number of hydrogen-bond donors (Lipinski definition) is 2. The highest BCUT2D eigenvalue weighted by molar-refractivity contribution is 5.95. The highest BCUT2D eigenvalue weighted by Gasteiger charge is 2.42. The Balaban J connectivity index is 0.00000261. The largest absolute Gasteiger partial charge is 0.492 e. The second-order valence-electron chi connectivity index (χ2n) is 7.00. The lowest BCUT2D eigenvalue weighted by atomic mass is 10.2. The van der Waals surface area contributed by atoms with Crippen molar-refractivity contribution in [2.75, 3.05) is 58.2 Å². The second kappa shape index (κ2) is 12.7. The van der Waals surface area contributed by atoms with Crippen LogP contribution in [-0.4, -0.2) is 80.6 Å². The Kier molecular flexibility index (Phi) is 12.3. The lowest BCUT2D eigenvalue weighted by Gasteiger charge is -2.32.